The second kappa shape index (κ2) is 9.48. The van der Waals surface area contributed by atoms with Gasteiger partial charge in [-0.2, -0.15) is 0 Å². The minimum atomic E-state index is -0.317. The summed E-state index contributed by atoms with van der Waals surface area (Å²) in [5.74, 6) is 0.481. The number of carbonyl (C=O) groups excluding carboxylic acids is 1. The normalized spacial score (nSPS) is 10.1. The fourth-order valence-electron chi connectivity index (χ4n) is 1.26. The van der Waals surface area contributed by atoms with E-state index in [1.54, 1.807) is 0 Å². The van der Waals surface area contributed by atoms with Crippen molar-refractivity contribution in [1.29, 1.82) is 0 Å². The Kier molecular flexibility index (Phi) is 7.64. The van der Waals surface area contributed by atoms with Gasteiger partial charge in [-0.3, -0.25) is 0 Å². The van der Waals surface area contributed by atoms with Crippen LogP contribution in [0, 0.1) is 0 Å². The first-order chi connectivity index (χ1) is 8.83. The number of hydrogen-bond donors (Lipinski definition) is 0. The number of para-hydroxylation sites is 1. The summed E-state index contributed by atoms with van der Waals surface area (Å²) >= 11 is 0. The van der Waals surface area contributed by atoms with Crippen LogP contribution in [0.3, 0.4) is 0 Å². The quantitative estimate of drug-likeness (QED) is 0.500. The molecule has 1 rings (SSSR count). The summed E-state index contributed by atoms with van der Waals surface area (Å²) in [6.45, 7) is 3.30. The first-order valence-electron chi connectivity index (χ1n) is 6.24. The Morgan fingerprint density at radius 1 is 1.11 bits per heavy atom. The highest BCUT2D eigenvalue weighted by atomic mass is 16.6. The minimum absolute atomic E-state index is 0.0120. The van der Waals surface area contributed by atoms with E-state index < -0.39 is 0 Å². The predicted molar refractivity (Wildman–Crippen MR) is 68.6 cm³/mol. The molecule has 0 amide bonds. The highest BCUT2D eigenvalue weighted by Crippen LogP contribution is 2.07. The number of rotatable bonds is 9. The molecular weight excluding hydrogens is 232 g/mol. The molecule has 0 N–H and O–H groups in total. The summed E-state index contributed by atoms with van der Waals surface area (Å²) in [5, 5.41) is 0. The number of carbonyl (C=O) groups is 1. The second-order valence-corrected chi connectivity index (χ2v) is 3.79. The van der Waals surface area contributed by atoms with Gasteiger partial charge in [-0.1, -0.05) is 31.5 Å². The Morgan fingerprint density at radius 3 is 2.61 bits per heavy atom. The molecule has 1 aromatic rings. The van der Waals surface area contributed by atoms with E-state index in [-0.39, 0.29) is 12.6 Å². The summed E-state index contributed by atoms with van der Waals surface area (Å²) < 4.78 is 15.5. The molecule has 4 nitrogen and oxygen atoms in total. The van der Waals surface area contributed by atoms with Crippen LogP contribution < -0.4 is 4.74 Å². The van der Waals surface area contributed by atoms with Crippen LogP contribution in [0.5, 0.6) is 5.75 Å². The number of hydrogen-bond acceptors (Lipinski definition) is 4. The van der Waals surface area contributed by atoms with Crippen molar-refractivity contribution in [2.24, 2.45) is 0 Å². The van der Waals surface area contributed by atoms with Gasteiger partial charge in [-0.15, -0.1) is 0 Å². The molecule has 0 aromatic heterocycles. The molecule has 0 unspecified atom stereocenters. The molecular formula is C14H20O4. The molecule has 0 radical (unpaired) electrons. The highest BCUT2D eigenvalue weighted by Gasteiger charge is 2.02. The van der Waals surface area contributed by atoms with Gasteiger partial charge in [0.15, 0.2) is 0 Å². The van der Waals surface area contributed by atoms with Gasteiger partial charge >= 0.3 is 5.97 Å². The van der Waals surface area contributed by atoms with E-state index in [4.69, 9.17) is 14.2 Å². The Bertz CT molecular complexity index is 324. The maximum absolute atomic E-state index is 11.2. The Labute approximate surface area is 108 Å². The minimum Gasteiger partial charge on any atom is -0.491 e. The third kappa shape index (κ3) is 6.91. The summed E-state index contributed by atoms with van der Waals surface area (Å²) in [6, 6.07) is 9.48. The average molecular weight is 252 g/mol. The predicted octanol–water partition coefficient (Wildman–Crippen LogP) is 2.43. The third-order valence-electron chi connectivity index (χ3n) is 2.22. The first-order valence-corrected chi connectivity index (χ1v) is 6.24. The summed E-state index contributed by atoms with van der Waals surface area (Å²) in [5.41, 5.74) is 0. The van der Waals surface area contributed by atoms with Crippen LogP contribution in [-0.2, 0) is 14.3 Å². The zero-order valence-electron chi connectivity index (χ0n) is 10.8. The molecule has 0 aliphatic heterocycles. The maximum atomic E-state index is 11.2. The number of esters is 1. The molecule has 0 atom stereocenters. The second-order valence-electron chi connectivity index (χ2n) is 3.79. The third-order valence-corrected chi connectivity index (χ3v) is 2.22. The van der Waals surface area contributed by atoms with Gasteiger partial charge in [0.1, 0.15) is 19.0 Å². The van der Waals surface area contributed by atoms with Gasteiger partial charge in [0.05, 0.1) is 13.2 Å². The van der Waals surface area contributed by atoms with Crippen molar-refractivity contribution in [3.05, 3.63) is 30.3 Å². The number of benzene rings is 1. The van der Waals surface area contributed by atoms with Crippen LogP contribution in [0.15, 0.2) is 30.3 Å². The van der Waals surface area contributed by atoms with Crippen molar-refractivity contribution in [3.63, 3.8) is 0 Å². The van der Waals surface area contributed by atoms with Crippen LogP contribution in [0.4, 0.5) is 0 Å². The van der Waals surface area contributed by atoms with E-state index in [9.17, 15) is 4.79 Å². The fourth-order valence-corrected chi connectivity index (χ4v) is 1.26. The van der Waals surface area contributed by atoms with Crippen molar-refractivity contribution >= 4 is 5.97 Å². The largest absolute Gasteiger partial charge is 0.491 e. The smallest absolute Gasteiger partial charge is 0.332 e. The van der Waals surface area contributed by atoms with E-state index in [2.05, 4.69) is 0 Å². The molecule has 1 aromatic carbocycles. The molecule has 0 heterocycles. The molecule has 0 bridgehead atoms. The Balaban J connectivity index is 1.97. The van der Waals surface area contributed by atoms with E-state index >= 15 is 0 Å². The Hall–Kier alpha value is -1.55. The van der Waals surface area contributed by atoms with E-state index in [0.717, 1.165) is 18.6 Å². The summed E-state index contributed by atoms with van der Waals surface area (Å²) in [7, 11) is 0. The van der Waals surface area contributed by atoms with Gasteiger partial charge in [-0.25, -0.2) is 4.79 Å². The number of unbranched alkanes of at least 4 members (excludes halogenated alkanes) is 1. The first kappa shape index (κ1) is 14.5. The van der Waals surface area contributed by atoms with Gasteiger partial charge in [-0.05, 0) is 18.6 Å². The van der Waals surface area contributed by atoms with Crippen LogP contribution in [0.25, 0.3) is 0 Å². The standard InChI is InChI=1S/C14H20O4/c1-2-3-9-18-14(15)12-16-10-11-17-13-7-5-4-6-8-13/h4-8H,2-3,9-12H2,1H3. The van der Waals surface area contributed by atoms with Crippen LogP contribution >= 0.6 is 0 Å². The maximum Gasteiger partial charge on any atom is 0.332 e. The monoisotopic (exact) mass is 252 g/mol. The lowest BCUT2D eigenvalue weighted by atomic mass is 10.3. The van der Waals surface area contributed by atoms with Crippen LogP contribution in [0.1, 0.15) is 19.8 Å². The van der Waals surface area contributed by atoms with E-state index in [1.807, 2.05) is 37.3 Å². The Morgan fingerprint density at radius 2 is 1.89 bits per heavy atom. The van der Waals surface area contributed by atoms with Crippen molar-refractivity contribution in [2.75, 3.05) is 26.4 Å². The molecule has 0 saturated carbocycles. The SMILES string of the molecule is CCCCOC(=O)COCCOc1ccccc1. The zero-order chi connectivity index (χ0) is 13.1. The van der Waals surface area contributed by atoms with Crippen molar-refractivity contribution < 1.29 is 19.0 Å². The molecule has 0 aliphatic rings. The molecule has 0 fully saturated rings. The van der Waals surface area contributed by atoms with Crippen molar-refractivity contribution in [2.45, 2.75) is 19.8 Å². The molecule has 4 heteroatoms. The fraction of sp³-hybridized carbons (Fsp3) is 0.500. The lowest BCUT2D eigenvalue weighted by Crippen LogP contribution is -2.16. The zero-order valence-corrected chi connectivity index (χ0v) is 10.8. The lowest BCUT2D eigenvalue weighted by Gasteiger charge is -2.07. The van der Waals surface area contributed by atoms with Crippen LogP contribution in [0.2, 0.25) is 0 Å². The highest BCUT2D eigenvalue weighted by molar-refractivity contribution is 5.70. The molecule has 0 aliphatic carbocycles. The van der Waals surface area contributed by atoms with Crippen LogP contribution in [-0.4, -0.2) is 32.4 Å². The van der Waals surface area contributed by atoms with Gasteiger partial charge in [0.25, 0.3) is 0 Å². The van der Waals surface area contributed by atoms with Crippen molar-refractivity contribution in [3.8, 4) is 5.75 Å². The molecule has 0 saturated heterocycles. The van der Waals surface area contributed by atoms with E-state index in [1.165, 1.54) is 0 Å². The van der Waals surface area contributed by atoms with Gasteiger partial charge < -0.3 is 14.2 Å². The van der Waals surface area contributed by atoms with Gasteiger partial charge in [0, 0.05) is 0 Å². The average Bonchev–Trinajstić information content (AvgIpc) is 2.40. The number of ether oxygens (including phenoxy) is 3. The lowest BCUT2D eigenvalue weighted by molar-refractivity contribution is -0.149. The molecule has 0 spiro atoms. The van der Waals surface area contributed by atoms with Gasteiger partial charge in [0.2, 0.25) is 0 Å². The summed E-state index contributed by atoms with van der Waals surface area (Å²) in [4.78, 5) is 11.2. The molecule has 18 heavy (non-hydrogen) atoms. The van der Waals surface area contributed by atoms with E-state index in [0.29, 0.717) is 19.8 Å². The summed E-state index contributed by atoms with van der Waals surface area (Å²) in [6.07, 6.45) is 1.90. The topological polar surface area (TPSA) is 44.8 Å². The van der Waals surface area contributed by atoms with Crippen molar-refractivity contribution in [1.82, 2.24) is 0 Å². The molecule has 100 valence electrons.